The van der Waals surface area contributed by atoms with Gasteiger partial charge in [0.15, 0.2) is 0 Å². The molecule has 3 rings (SSSR count). The molecule has 27 heavy (non-hydrogen) atoms. The predicted octanol–water partition coefficient (Wildman–Crippen LogP) is 4.36. The van der Waals surface area contributed by atoms with Gasteiger partial charge in [-0.05, 0) is 66.9 Å². The third-order valence-corrected chi connectivity index (χ3v) is 5.07. The van der Waals surface area contributed by atoms with Gasteiger partial charge in [-0.25, -0.2) is 4.79 Å². The minimum absolute atomic E-state index is 0.223. The van der Waals surface area contributed by atoms with Crippen molar-refractivity contribution in [3.63, 3.8) is 0 Å². The summed E-state index contributed by atoms with van der Waals surface area (Å²) in [6.45, 7) is 3.47. The largest absolute Gasteiger partial charge is 0.494 e. The van der Waals surface area contributed by atoms with E-state index < -0.39 is 0 Å². The topological polar surface area (TPSA) is 50.8 Å². The van der Waals surface area contributed by atoms with Crippen molar-refractivity contribution in [2.45, 2.75) is 25.8 Å². The summed E-state index contributed by atoms with van der Waals surface area (Å²) in [6.07, 6.45) is 1.40. The maximum atomic E-state index is 11.7. The summed E-state index contributed by atoms with van der Waals surface area (Å²) >= 11 is 6.05. The van der Waals surface area contributed by atoms with Gasteiger partial charge in [0.25, 0.3) is 0 Å². The monoisotopic (exact) mass is 388 g/mol. The Morgan fingerprint density at radius 3 is 2.74 bits per heavy atom. The zero-order valence-corrected chi connectivity index (χ0v) is 16.7. The number of fused-ring (bicyclic) bond motifs is 1. The number of hydrogen-bond donors (Lipinski definition) is 1. The van der Waals surface area contributed by atoms with E-state index in [9.17, 15) is 4.79 Å². The van der Waals surface area contributed by atoms with Gasteiger partial charge in [-0.2, -0.15) is 0 Å². The van der Waals surface area contributed by atoms with E-state index in [1.165, 1.54) is 16.0 Å². The molecule has 0 radical (unpaired) electrons. The van der Waals surface area contributed by atoms with E-state index in [2.05, 4.69) is 5.32 Å². The molecule has 0 saturated carbocycles. The van der Waals surface area contributed by atoms with Crippen molar-refractivity contribution in [1.29, 1.82) is 0 Å². The quantitative estimate of drug-likeness (QED) is 0.826. The van der Waals surface area contributed by atoms with Crippen LogP contribution < -0.4 is 14.8 Å². The molecule has 0 fully saturated rings. The highest BCUT2D eigenvalue weighted by Crippen LogP contribution is 2.29. The zero-order chi connectivity index (χ0) is 19.4. The number of rotatable bonds is 5. The summed E-state index contributed by atoms with van der Waals surface area (Å²) in [5.41, 5.74) is 3.46. The van der Waals surface area contributed by atoms with Gasteiger partial charge in [0.1, 0.15) is 11.5 Å². The molecule has 1 aliphatic heterocycles. The van der Waals surface area contributed by atoms with Crippen LogP contribution in [0.25, 0.3) is 0 Å². The first-order valence-corrected chi connectivity index (χ1v) is 9.46. The van der Waals surface area contributed by atoms with Crippen molar-refractivity contribution in [3.05, 3.63) is 58.1 Å². The first-order valence-electron chi connectivity index (χ1n) is 9.08. The smallest absolute Gasteiger partial charge is 0.414 e. The Morgan fingerprint density at radius 1 is 1.22 bits per heavy atom. The van der Waals surface area contributed by atoms with Crippen LogP contribution in [0.4, 0.5) is 4.79 Å². The molecule has 0 saturated heterocycles. The van der Waals surface area contributed by atoms with Crippen LogP contribution in [-0.4, -0.2) is 38.2 Å². The average molecular weight is 389 g/mol. The van der Waals surface area contributed by atoms with Crippen molar-refractivity contribution >= 4 is 17.7 Å². The number of nitrogens with zero attached hydrogens (tertiary/aromatic N) is 1. The lowest BCUT2D eigenvalue weighted by molar-refractivity contribution is 0.172. The molecule has 0 spiro atoms. The molecule has 1 heterocycles. The lowest BCUT2D eigenvalue weighted by Crippen LogP contribution is -2.31. The van der Waals surface area contributed by atoms with Gasteiger partial charge in [-0.1, -0.05) is 17.7 Å². The van der Waals surface area contributed by atoms with Crippen molar-refractivity contribution in [2.24, 2.45) is 0 Å². The number of carbonyl (C=O) groups excluding carboxylic acids is 1. The Bertz CT molecular complexity index is 823. The number of benzene rings is 2. The second kappa shape index (κ2) is 8.63. The fourth-order valence-corrected chi connectivity index (χ4v) is 3.26. The lowest BCUT2D eigenvalue weighted by atomic mass is 9.92. The molecule has 1 aliphatic rings. The fraction of sp³-hybridized carbons (Fsp3) is 0.381. The molecule has 0 bridgehead atoms. The highest BCUT2D eigenvalue weighted by molar-refractivity contribution is 6.31. The summed E-state index contributed by atoms with van der Waals surface area (Å²) in [7, 11) is 3.34. The number of carbonyl (C=O) groups is 1. The summed E-state index contributed by atoms with van der Waals surface area (Å²) in [4.78, 5) is 13.1. The Hall–Kier alpha value is -2.24. The number of halogens is 1. The van der Waals surface area contributed by atoms with E-state index in [1.54, 1.807) is 14.1 Å². The Balaban J connectivity index is 1.62. The van der Waals surface area contributed by atoms with Gasteiger partial charge in [0, 0.05) is 31.6 Å². The van der Waals surface area contributed by atoms with Crippen LogP contribution in [0.2, 0.25) is 5.02 Å². The van der Waals surface area contributed by atoms with Crippen LogP contribution >= 0.6 is 11.6 Å². The number of nitrogens with one attached hydrogen (secondary N) is 1. The van der Waals surface area contributed by atoms with E-state index in [1.807, 2.05) is 43.3 Å². The summed E-state index contributed by atoms with van der Waals surface area (Å²) in [6, 6.07) is 11.8. The number of aryl methyl sites for hydroxylation is 1. The average Bonchev–Trinajstić information content (AvgIpc) is 2.64. The molecule has 2 aromatic carbocycles. The first-order chi connectivity index (χ1) is 12.9. The van der Waals surface area contributed by atoms with Gasteiger partial charge in [0.05, 0.1) is 6.61 Å². The Labute approximate surface area is 165 Å². The molecule has 144 valence electrons. The van der Waals surface area contributed by atoms with Crippen LogP contribution in [0.1, 0.15) is 29.2 Å². The van der Waals surface area contributed by atoms with E-state index in [0.717, 1.165) is 35.7 Å². The maximum absolute atomic E-state index is 11.7. The molecule has 0 aromatic heterocycles. The third kappa shape index (κ3) is 4.93. The SMILES string of the molecule is Cc1cc(OCCC2NCCc3cc(OC(=O)N(C)C)ccc32)ccc1Cl. The number of hydrogen-bond acceptors (Lipinski definition) is 4. The Morgan fingerprint density at radius 2 is 2.00 bits per heavy atom. The summed E-state index contributed by atoms with van der Waals surface area (Å²) in [5, 5.41) is 4.29. The maximum Gasteiger partial charge on any atom is 0.414 e. The first kappa shape index (κ1) is 19.5. The van der Waals surface area contributed by atoms with Crippen molar-refractivity contribution in [1.82, 2.24) is 10.2 Å². The molecule has 1 atom stereocenters. The van der Waals surface area contributed by atoms with Gasteiger partial charge < -0.3 is 19.7 Å². The summed E-state index contributed by atoms with van der Waals surface area (Å²) < 4.78 is 11.3. The highest BCUT2D eigenvalue weighted by Gasteiger charge is 2.21. The van der Waals surface area contributed by atoms with E-state index in [0.29, 0.717) is 12.4 Å². The van der Waals surface area contributed by atoms with Crippen LogP contribution in [0, 0.1) is 6.92 Å². The van der Waals surface area contributed by atoms with Crippen molar-refractivity contribution in [3.8, 4) is 11.5 Å². The summed E-state index contributed by atoms with van der Waals surface area (Å²) in [5.74, 6) is 1.42. The van der Waals surface area contributed by atoms with Gasteiger partial charge in [0.2, 0.25) is 0 Å². The molecule has 0 aliphatic carbocycles. The normalized spacial score (nSPS) is 15.8. The van der Waals surface area contributed by atoms with Crippen molar-refractivity contribution < 1.29 is 14.3 Å². The van der Waals surface area contributed by atoms with Crippen LogP contribution in [-0.2, 0) is 6.42 Å². The highest BCUT2D eigenvalue weighted by atomic mass is 35.5. The molecule has 1 N–H and O–H groups in total. The van der Waals surface area contributed by atoms with Crippen LogP contribution in [0.15, 0.2) is 36.4 Å². The third-order valence-electron chi connectivity index (χ3n) is 4.65. The molecule has 6 heteroatoms. The number of amides is 1. The van der Waals surface area contributed by atoms with E-state index in [4.69, 9.17) is 21.1 Å². The van der Waals surface area contributed by atoms with Gasteiger partial charge >= 0.3 is 6.09 Å². The molecule has 2 aromatic rings. The minimum Gasteiger partial charge on any atom is -0.494 e. The van der Waals surface area contributed by atoms with E-state index in [-0.39, 0.29) is 12.1 Å². The van der Waals surface area contributed by atoms with Crippen LogP contribution in [0.3, 0.4) is 0 Å². The molecular formula is C21H25ClN2O3. The van der Waals surface area contributed by atoms with Crippen LogP contribution in [0.5, 0.6) is 11.5 Å². The van der Waals surface area contributed by atoms with Gasteiger partial charge in [-0.3, -0.25) is 0 Å². The fourth-order valence-electron chi connectivity index (χ4n) is 3.14. The zero-order valence-electron chi connectivity index (χ0n) is 15.9. The number of ether oxygens (including phenoxy) is 2. The minimum atomic E-state index is -0.368. The molecule has 1 unspecified atom stereocenters. The lowest BCUT2D eigenvalue weighted by Gasteiger charge is -2.27. The predicted molar refractivity (Wildman–Crippen MR) is 107 cm³/mol. The molecular weight excluding hydrogens is 364 g/mol. The standard InChI is InChI=1S/C21H25ClN2O3/c1-14-12-16(5-7-19(14)22)26-11-9-20-18-6-4-17(27-21(25)24(2)3)13-15(18)8-10-23-20/h4-7,12-13,20,23H,8-11H2,1-3H3. The second-order valence-electron chi connectivity index (χ2n) is 6.93. The van der Waals surface area contributed by atoms with Gasteiger partial charge in [-0.15, -0.1) is 0 Å². The molecule has 1 amide bonds. The molecule has 5 nitrogen and oxygen atoms in total. The Kier molecular flexibility index (Phi) is 6.24. The van der Waals surface area contributed by atoms with Crippen molar-refractivity contribution in [2.75, 3.05) is 27.2 Å². The van der Waals surface area contributed by atoms with E-state index >= 15 is 0 Å². The second-order valence-corrected chi connectivity index (χ2v) is 7.34.